The number of halogens is 1. The van der Waals surface area contributed by atoms with Crippen LogP contribution in [-0.2, 0) is 13.6 Å². The average molecular weight is 521 g/mol. The van der Waals surface area contributed by atoms with Crippen LogP contribution in [-0.4, -0.2) is 80.5 Å². The SMILES string of the molecule is CNc1nc(Nc2ccc(CN3CCN(C)CC3)c(Cl)c2)c(C(N)=O)nc1-c1cncc2c1ncn2C. The molecule has 11 nitrogen and oxygen atoms in total. The molecule has 0 aliphatic carbocycles. The third kappa shape index (κ3) is 5.06. The fourth-order valence-electron chi connectivity index (χ4n) is 4.41. The van der Waals surface area contributed by atoms with Crippen LogP contribution in [0.15, 0.2) is 36.9 Å². The van der Waals surface area contributed by atoms with Gasteiger partial charge in [0, 0.05) is 63.7 Å². The number of fused-ring (bicyclic) bond motifs is 1. The van der Waals surface area contributed by atoms with Gasteiger partial charge in [-0.2, -0.15) is 0 Å². The van der Waals surface area contributed by atoms with Gasteiger partial charge in [0.2, 0.25) is 0 Å². The summed E-state index contributed by atoms with van der Waals surface area (Å²) in [6.45, 7) is 4.88. The summed E-state index contributed by atoms with van der Waals surface area (Å²) < 4.78 is 1.86. The second-order valence-corrected chi connectivity index (χ2v) is 9.56. The molecule has 5 rings (SSSR count). The summed E-state index contributed by atoms with van der Waals surface area (Å²) in [5.74, 6) is -0.0345. The third-order valence-corrected chi connectivity index (χ3v) is 6.92. The molecule has 1 aliphatic rings. The smallest absolute Gasteiger partial charge is 0.271 e. The Kier molecular flexibility index (Phi) is 6.92. The van der Waals surface area contributed by atoms with E-state index in [1.165, 1.54) is 0 Å². The van der Waals surface area contributed by atoms with Crippen molar-refractivity contribution in [2.75, 3.05) is 50.9 Å². The highest BCUT2D eigenvalue weighted by Crippen LogP contribution is 2.33. The Morgan fingerprint density at radius 1 is 1.11 bits per heavy atom. The van der Waals surface area contributed by atoms with E-state index in [-0.39, 0.29) is 11.5 Å². The molecule has 4 heterocycles. The number of aromatic nitrogens is 5. The van der Waals surface area contributed by atoms with Crippen molar-refractivity contribution in [2.45, 2.75) is 6.54 Å². The van der Waals surface area contributed by atoms with Crippen molar-refractivity contribution in [3.8, 4) is 11.3 Å². The molecule has 37 heavy (non-hydrogen) atoms. The number of benzene rings is 1. The van der Waals surface area contributed by atoms with E-state index in [1.807, 2.05) is 29.8 Å². The summed E-state index contributed by atoms with van der Waals surface area (Å²) in [5, 5.41) is 6.87. The zero-order chi connectivity index (χ0) is 26.1. The van der Waals surface area contributed by atoms with Crippen molar-refractivity contribution < 1.29 is 4.79 Å². The minimum absolute atomic E-state index is 0.000398. The maximum Gasteiger partial charge on any atom is 0.271 e. The van der Waals surface area contributed by atoms with Gasteiger partial charge in [-0.25, -0.2) is 15.0 Å². The predicted octanol–water partition coefficient (Wildman–Crippen LogP) is 2.71. The maximum absolute atomic E-state index is 12.4. The van der Waals surface area contributed by atoms with Crippen molar-refractivity contribution in [1.29, 1.82) is 0 Å². The first-order valence-corrected chi connectivity index (χ1v) is 12.3. The van der Waals surface area contributed by atoms with E-state index in [2.05, 4.69) is 47.4 Å². The molecule has 0 saturated carbocycles. The van der Waals surface area contributed by atoms with E-state index in [0.717, 1.165) is 43.8 Å². The molecule has 4 N–H and O–H groups in total. The summed E-state index contributed by atoms with van der Waals surface area (Å²) in [6, 6.07) is 5.72. The summed E-state index contributed by atoms with van der Waals surface area (Å²) in [7, 11) is 5.75. The lowest BCUT2D eigenvalue weighted by atomic mass is 10.1. The molecular formula is C25H29ClN10O. The number of hydrogen-bond acceptors (Lipinski definition) is 9. The molecule has 0 bridgehead atoms. The van der Waals surface area contributed by atoms with E-state index in [4.69, 9.17) is 17.3 Å². The normalized spacial score (nSPS) is 14.7. The minimum Gasteiger partial charge on any atom is -0.371 e. The summed E-state index contributed by atoms with van der Waals surface area (Å²) in [5.41, 5.74) is 10.0. The maximum atomic E-state index is 12.4. The number of aryl methyl sites for hydroxylation is 1. The van der Waals surface area contributed by atoms with Crippen LogP contribution in [0.25, 0.3) is 22.3 Å². The number of nitrogens with zero attached hydrogens (tertiary/aromatic N) is 7. The molecule has 0 atom stereocenters. The number of amides is 1. The van der Waals surface area contributed by atoms with Crippen LogP contribution in [0.3, 0.4) is 0 Å². The van der Waals surface area contributed by atoms with Crippen molar-refractivity contribution in [3.63, 3.8) is 0 Å². The first-order valence-electron chi connectivity index (χ1n) is 12.0. The first kappa shape index (κ1) is 24.9. The van der Waals surface area contributed by atoms with E-state index in [1.54, 1.807) is 25.8 Å². The molecule has 0 radical (unpaired) electrons. The van der Waals surface area contributed by atoms with Gasteiger partial charge in [-0.15, -0.1) is 0 Å². The number of rotatable bonds is 7. The number of piperazine rings is 1. The zero-order valence-corrected chi connectivity index (χ0v) is 21.7. The Morgan fingerprint density at radius 3 is 2.59 bits per heavy atom. The molecule has 192 valence electrons. The molecule has 0 spiro atoms. The van der Waals surface area contributed by atoms with Gasteiger partial charge in [-0.1, -0.05) is 17.7 Å². The fourth-order valence-corrected chi connectivity index (χ4v) is 4.65. The van der Waals surface area contributed by atoms with Gasteiger partial charge < -0.3 is 25.8 Å². The van der Waals surface area contributed by atoms with Gasteiger partial charge in [-0.3, -0.25) is 14.7 Å². The molecule has 1 aromatic carbocycles. The van der Waals surface area contributed by atoms with Crippen LogP contribution in [0.1, 0.15) is 16.1 Å². The number of likely N-dealkylation sites (N-methyl/N-ethyl adjacent to an activating group) is 1. The highest BCUT2D eigenvalue weighted by atomic mass is 35.5. The predicted molar refractivity (Wildman–Crippen MR) is 145 cm³/mol. The summed E-state index contributed by atoms with van der Waals surface area (Å²) >= 11 is 6.63. The summed E-state index contributed by atoms with van der Waals surface area (Å²) in [4.78, 5) is 35.2. The van der Waals surface area contributed by atoms with Gasteiger partial charge >= 0.3 is 0 Å². The standard InChI is InChI=1S/C25H29ClN10O/c1-28-24-21(17-11-29-12-19-20(17)30-14-35(19)3)32-22(23(27)37)25(33-24)31-16-5-4-15(18(26)10-16)13-36-8-6-34(2)7-9-36/h4-5,10-12,14H,6-9,13H2,1-3H3,(H2,27,37)(H2,28,31,33). The zero-order valence-electron chi connectivity index (χ0n) is 21.0. The number of anilines is 3. The van der Waals surface area contributed by atoms with Crippen molar-refractivity contribution in [2.24, 2.45) is 12.8 Å². The first-order chi connectivity index (χ1) is 17.8. The Hall–Kier alpha value is -3.80. The van der Waals surface area contributed by atoms with Gasteiger partial charge in [0.05, 0.1) is 23.6 Å². The molecule has 0 unspecified atom stereocenters. The Labute approximate surface area is 219 Å². The van der Waals surface area contributed by atoms with E-state index in [0.29, 0.717) is 33.3 Å². The molecule has 1 saturated heterocycles. The van der Waals surface area contributed by atoms with E-state index < -0.39 is 5.91 Å². The number of carbonyl (C=O) groups is 1. The van der Waals surface area contributed by atoms with Gasteiger partial charge in [-0.05, 0) is 24.7 Å². The van der Waals surface area contributed by atoms with Crippen LogP contribution in [0.2, 0.25) is 5.02 Å². The molecule has 1 aliphatic heterocycles. The quantitative estimate of drug-likeness (QED) is 0.336. The van der Waals surface area contributed by atoms with Crippen molar-refractivity contribution in [3.05, 3.63) is 53.2 Å². The topological polar surface area (TPSA) is 130 Å². The van der Waals surface area contributed by atoms with Gasteiger partial charge in [0.15, 0.2) is 17.3 Å². The van der Waals surface area contributed by atoms with Crippen LogP contribution in [0.4, 0.5) is 17.3 Å². The monoisotopic (exact) mass is 520 g/mol. The number of nitrogens with two attached hydrogens (primary N) is 1. The van der Waals surface area contributed by atoms with Crippen molar-refractivity contribution >= 4 is 45.9 Å². The molecule has 1 fully saturated rings. The second-order valence-electron chi connectivity index (χ2n) is 9.15. The minimum atomic E-state index is -0.710. The number of imidazole rings is 1. The average Bonchev–Trinajstić information content (AvgIpc) is 3.27. The molecule has 3 aromatic heterocycles. The Balaban J connectivity index is 1.46. The molecule has 12 heteroatoms. The summed E-state index contributed by atoms with van der Waals surface area (Å²) in [6.07, 6.45) is 5.07. The van der Waals surface area contributed by atoms with Crippen LogP contribution >= 0.6 is 11.6 Å². The van der Waals surface area contributed by atoms with Gasteiger partial charge in [0.1, 0.15) is 11.2 Å². The van der Waals surface area contributed by atoms with E-state index in [9.17, 15) is 4.79 Å². The van der Waals surface area contributed by atoms with Gasteiger partial charge in [0.25, 0.3) is 5.91 Å². The Morgan fingerprint density at radius 2 is 1.89 bits per heavy atom. The van der Waals surface area contributed by atoms with Crippen molar-refractivity contribution in [1.82, 2.24) is 34.3 Å². The molecular weight excluding hydrogens is 492 g/mol. The number of nitrogens with one attached hydrogen (secondary N) is 2. The highest BCUT2D eigenvalue weighted by molar-refractivity contribution is 6.31. The lowest BCUT2D eigenvalue weighted by molar-refractivity contribution is 0.0996. The third-order valence-electron chi connectivity index (χ3n) is 6.57. The fraction of sp³-hybridized carbons (Fsp3) is 0.320. The van der Waals surface area contributed by atoms with E-state index >= 15 is 0 Å². The molecule has 4 aromatic rings. The lowest BCUT2D eigenvalue weighted by Gasteiger charge is -2.32. The largest absolute Gasteiger partial charge is 0.371 e. The molecule has 1 amide bonds. The number of hydrogen-bond donors (Lipinski definition) is 3. The van der Waals surface area contributed by atoms with Crippen LogP contribution < -0.4 is 16.4 Å². The Bertz CT molecular complexity index is 1460. The number of carbonyl (C=O) groups excluding carboxylic acids is 1. The van der Waals surface area contributed by atoms with Crippen LogP contribution in [0.5, 0.6) is 0 Å². The highest BCUT2D eigenvalue weighted by Gasteiger charge is 2.22. The second kappa shape index (κ2) is 10.3. The number of primary amides is 1. The van der Waals surface area contributed by atoms with Crippen LogP contribution in [0, 0.1) is 0 Å². The lowest BCUT2D eigenvalue weighted by Crippen LogP contribution is -2.43. The number of pyridine rings is 1.